The minimum absolute atomic E-state index is 0.335. The molecule has 0 saturated carbocycles. The number of esters is 1. The van der Waals surface area contributed by atoms with Crippen LogP contribution >= 0.6 is 0 Å². The van der Waals surface area contributed by atoms with Gasteiger partial charge in [0.2, 0.25) is 0 Å². The lowest BCUT2D eigenvalue weighted by atomic mass is 10.2. The Morgan fingerprint density at radius 3 is 2.44 bits per heavy atom. The van der Waals surface area contributed by atoms with Gasteiger partial charge in [0, 0.05) is 5.56 Å². The van der Waals surface area contributed by atoms with Crippen molar-refractivity contribution >= 4 is 17.0 Å². The van der Waals surface area contributed by atoms with Gasteiger partial charge in [-0.15, -0.1) is 0 Å². The van der Waals surface area contributed by atoms with E-state index in [2.05, 4.69) is 9.97 Å². The number of carbonyl (C=O) groups is 1. The summed E-state index contributed by atoms with van der Waals surface area (Å²) in [7, 11) is 0. The van der Waals surface area contributed by atoms with Gasteiger partial charge in [0.25, 0.3) is 0 Å². The number of hydrogen-bond donors (Lipinski definition) is 1. The number of imidazole rings is 1. The van der Waals surface area contributed by atoms with Gasteiger partial charge in [-0.3, -0.25) is 0 Å². The van der Waals surface area contributed by atoms with Crippen LogP contribution in [0.4, 0.5) is 0 Å². The second-order valence-corrected chi connectivity index (χ2v) is 5.98. The highest BCUT2D eigenvalue weighted by atomic mass is 16.5. The molecule has 27 heavy (non-hydrogen) atoms. The van der Waals surface area contributed by atoms with Gasteiger partial charge in [0.1, 0.15) is 17.3 Å². The minimum Gasteiger partial charge on any atom is -0.462 e. The Hall–Kier alpha value is -3.60. The third kappa shape index (κ3) is 3.67. The largest absolute Gasteiger partial charge is 0.462 e. The maximum absolute atomic E-state index is 11.9. The molecule has 1 N–H and O–H groups in total. The molecule has 0 aliphatic rings. The van der Waals surface area contributed by atoms with E-state index in [-0.39, 0.29) is 5.97 Å². The summed E-state index contributed by atoms with van der Waals surface area (Å²) in [5.41, 5.74) is 3.03. The van der Waals surface area contributed by atoms with Gasteiger partial charge in [-0.25, -0.2) is 9.78 Å². The standard InChI is InChI=1S/C22H18N2O3/c1-2-26-22(25)16-10-13-19-20(14-16)24-21(23-19)15-8-11-18(12-9-15)27-17-6-4-3-5-7-17/h3-14H,2H2,1H3,(H,23,24). The first kappa shape index (κ1) is 16.8. The third-order valence-electron chi connectivity index (χ3n) is 4.10. The molecule has 1 heterocycles. The molecule has 0 fully saturated rings. The van der Waals surface area contributed by atoms with E-state index in [1.807, 2.05) is 60.7 Å². The molecule has 1 aromatic heterocycles. The lowest BCUT2D eigenvalue weighted by Gasteiger charge is -2.05. The van der Waals surface area contributed by atoms with E-state index < -0.39 is 0 Å². The van der Waals surface area contributed by atoms with E-state index in [0.29, 0.717) is 12.2 Å². The lowest BCUT2D eigenvalue weighted by Crippen LogP contribution is -2.04. The molecule has 0 amide bonds. The summed E-state index contributed by atoms with van der Waals surface area (Å²) in [4.78, 5) is 19.7. The van der Waals surface area contributed by atoms with Gasteiger partial charge in [0.05, 0.1) is 23.2 Å². The monoisotopic (exact) mass is 358 g/mol. The first-order chi connectivity index (χ1) is 13.2. The van der Waals surface area contributed by atoms with Crippen LogP contribution in [0.2, 0.25) is 0 Å². The first-order valence-corrected chi connectivity index (χ1v) is 8.73. The van der Waals surface area contributed by atoms with Crippen LogP contribution in [0, 0.1) is 0 Å². The van der Waals surface area contributed by atoms with Crippen molar-refractivity contribution in [1.29, 1.82) is 0 Å². The Bertz CT molecular complexity index is 1070. The Kier molecular flexibility index (Phi) is 4.58. The third-order valence-corrected chi connectivity index (χ3v) is 4.10. The van der Waals surface area contributed by atoms with Crippen molar-refractivity contribution in [1.82, 2.24) is 9.97 Å². The Labute approximate surface area is 156 Å². The van der Waals surface area contributed by atoms with Crippen LogP contribution in [0.5, 0.6) is 11.5 Å². The number of nitrogens with zero attached hydrogens (tertiary/aromatic N) is 1. The molecule has 0 unspecified atom stereocenters. The fraction of sp³-hybridized carbons (Fsp3) is 0.0909. The van der Waals surface area contributed by atoms with Crippen molar-refractivity contribution in [2.24, 2.45) is 0 Å². The van der Waals surface area contributed by atoms with Crippen LogP contribution in [0.3, 0.4) is 0 Å². The van der Waals surface area contributed by atoms with Crippen LogP contribution in [0.15, 0.2) is 72.8 Å². The van der Waals surface area contributed by atoms with Crippen molar-refractivity contribution in [3.8, 4) is 22.9 Å². The van der Waals surface area contributed by atoms with Crippen molar-refractivity contribution in [3.63, 3.8) is 0 Å². The number of aromatic amines is 1. The molecule has 3 aromatic carbocycles. The number of para-hydroxylation sites is 1. The maximum Gasteiger partial charge on any atom is 0.338 e. The van der Waals surface area contributed by atoms with E-state index in [1.165, 1.54) is 0 Å². The molecule has 0 bridgehead atoms. The summed E-state index contributed by atoms with van der Waals surface area (Å²) in [5.74, 6) is 1.95. The number of fused-ring (bicyclic) bond motifs is 1. The van der Waals surface area contributed by atoms with E-state index >= 15 is 0 Å². The molecule has 0 aliphatic heterocycles. The Morgan fingerprint density at radius 1 is 0.963 bits per heavy atom. The summed E-state index contributed by atoms with van der Waals surface area (Å²) >= 11 is 0. The molecule has 5 nitrogen and oxygen atoms in total. The number of aromatic nitrogens is 2. The van der Waals surface area contributed by atoms with Crippen LogP contribution in [-0.4, -0.2) is 22.5 Å². The molecule has 4 aromatic rings. The fourth-order valence-corrected chi connectivity index (χ4v) is 2.79. The van der Waals surface area contributed by atoms with Crippen LogP contribution in [0.1, 0.15) is 17.3 Å². The Morgan fingerprint density at radius 2 is 1.70 bits per heavy atom. The minimum atomic E-state index is -0.335. The lowest BCUT2D eigenvalue weighted by molar-refractivity contribution is 0.0526. The van der Waals surface area contributed by atoms with E-state index in [4.69, 9.17) is 9.47 Å². The normalized spacial score (nSPS) is 10.7. The molecule has 0 radical (unpaired) electrons. The SMILES string of the molecule is CCOC(=O)c1ccc2nc(-c3ccc(Oc4ccccc4)cc3)[nH]c2c1. The second kappa shape index (κ2) is 7.33. The summed E-state index contributed by atoms with van der Waals surface area (Å²) in [6.07, 6.45) is 0. The quantitative estimate of drug-likeness (QED) is 0.498. The van der Waals surface area contributed by atoms with Gasteiger partial charge < -0.3 is 14.5 Å². The fourth-order valence-electron chi connectivity index (χ4n) is 2.79. The molecule has 0 atom stereocenters. The zero-order chi connectivity index (χ0) is 18.6. The van der Waals surface area contributed by atoms with Gasteiger partial charge in [0.15, 0.2) is 0 Å². The molecule has 0 aliphatic carbocycles. The topological polar surface area (TPSA) is 64.2 Å². The van der Waals surface area contributed by atoms with E-state index in [0.717, 1.165) is 33.9 Å². The van der Waals surface area contributed by atoms with Crippen molar-refractivity contribution < 1.29 is 14.3 Å². The zero-order valence-corrected chi connectivity index (χ0v) is 14.8. The van der Waals surface area contributed by atoms with Crippen molar-refractivity contribution in [2.75, 3.05) is 6.61 Å². The predicted octanol–water partition coefficient (Wildman–Crippen LogP) is 5.20. The Balaban J connectivity index is 1.57. The number of nitrogens with one attached hydrogen (secondary N) is 1. The van der Waals surface area contributed by atoms with Gasteiger partial charge >= 0.3 is 5.97 Å². The highest BCUT2D eigenvalue weighted by Crippen LogP contribution is 2.26. The summed E-state index contributed by atoms with van der Waals surface area (Å²) in [6, 6.07) is 22.6. The molecule has 0 spiro atoms. The molecular formula is C22H18N2O3. The molecule has 5 heteroatoms. The number of ether oxygens (including phenoxy) is 2. The first-order valence-electron chi connectivity index (χ1n) is 8.73. The molecule has 4 rings (SSSR count). The number of rotatable bonds is 5. The maximum atomic E-state index is 11.9. The predicted molar refractivity (Wildman–Crippen MR) is 104 cm³/mol. The second-order valence-electron chi connectivity index (χ2n) is 5.98. The average Bonchev–Trinajstić information content (AvgIpc) is 3.13. The van der Waals surface area contributed by atoms with Crippen molar-refractivity contribution in [2.45, 2.75) is 6.92 Å². The number of carbonyl (C=O) groups excluding carboxylic acids is 1. The van der Waals surface area contributed by atoms with E-state index in [1.54, 1.807) is 19.1 Å². The van der Waals surface area contributed by atoms with Crippen LogP contribution < -0.4 is 4.74 Å². The number of hydrogen-bond acceptors (Lipinski definition) is 4. The molecular weight excluding hydrogens is 340 g/mol. The van der Waals surface area contributed by atoms with Gasteiger partial charge in [-0.05, 0) is 61.5 Å². The molecule has 0 saturated heterocycles. The van der Waals surface area contributed by atoms with E-state index in [9.17, 15) is 4.79 Å². The smallest absolute Gasteiger partial charge is 0.338 e. The highest BCUT2D eigenvalue weighted by Gasteiger charge is 2.11. The van der Waals surface area contributed by atoms with Crippen LogP contribution in [0.25, 0.3) is 22.4 Å². The molecule has 134 valence electrons. The number of benzene rings is 3. The zero-order valence-electron chi connectivity index (χ0n) is 14.8. The highest BCUT2D eigenvalue weighted by molar-refractivity contribution is 5.94. The summed E-state index contributed by atoms with van der Waals surface area (Å²) in [6.45, 7) is 2.14. The van der Waals surface area contributed by atoms with Crippen molar-refractivity contribution in [3.05, 3.63) is 78.4 Å². The van der Waals surface area contributed by atoms with Gasteiger partial charge in [-0.1, -0.05) is 18.2 Å². The summed E-state index contributed by atoms with van der Waals surface area (Å²) < 4.78 is 10.9. The average molecular weight is 358 g/mol. The van der Waals surface area contributed by atoms with Gasteiger partial charge in [-0.2, -0.15) is 0 Å². The summed E-state index contributed by atoms with van der Waals surface area (Å²) in [5, 5.41) is 0. The number of H-pyrrole nitrogens is 1. The van der Waals surface area contributed by atoms with Crippen LogP contribution in [-0.2, 0) is 4.74 Å².